The third kappa shape index (κ3) is 7.87. The van der Waals surface area contributed by atoms with Crippen molar-refractivity contribution >= 4 is 45.8 Å². The predicted octanol–water partition coefficient (Wildman–Crippen LogP) is 7.60. The van der Waals surface area contributed by atoms with Gasteiger partial charge >= 0.3 is 12.2 Å². The van der Waals surface area contributed by atoms with Crippen LogP contribution in [0, 0.1) is 11.8 Å². The summed E-state index contributed by atoms with van der Waals surface area (Å²) < 4.78 is 40.3. The zero-order valence-corrected chi connectivity index (χ0v) is 35.2. The van der Waals surface area contributed by atoms with Gasteiger partial charge in [0, 0.05) is 36.9 Å². The highest BCUT2D eigenvalue weighted by Crippen LogP contribution is 2.45. The minimum Gasteiger partial charge on any atom is -0.453 e. The number of carbonyl (C=O) groups is 4. The second kappa shape index (κ2) is 16.4. The number of alkyl halides is 2. The molecular formula is C45H52F2N8O6. The SMILES string of the molecule is COC(=O)N[C@H](C(=O)N1CCC[C@H]1c1nc2c(ccc3cc(-c4ccc(-c5cnc([C@@H]6CCCN6C(=O)[C@H](NC(=O)OC)C(C)C)[nH]5)c5c4CC(F)(F)C5)ccc32)[nH]1)C(C)C. The van der Waals surface area contributed by atoms with Crippen molar-refractivity contribution in [2.45, 2.75) is 96.3 Å². The molecule has 4 atom stereocenters. The third-order valence-corrected chi connectivity index (χ3v) is 12.5. The summed E-state index contributed by atoms with van der Waals surface area (Å²) in [4.78, 5) is 71.6. The molecule has 5 aromatic rings. The lowest BCUT2D eigenvalue weighted by Crippen LogP contribution is -2.51. The number of carbonyl (C=O) groups excluding carboxylic acids is 4. The van der Waals surface area contributed by atoms with Crippen LogP contribution in [0.5, 0.6) is 0 Å². The molecule has 4 heterocycles. The van der Waals surface area contributed by atoms with Crippen molar-refractivity contribution in [1.29, 1.82) is 0 Å². The number of aromatic amines is 2. The first-order chi connectivity index (χ1) is 29.2. The summed E-state index contributed by atoms with van der Waals surface area (Å²) in [7, 11) is 2.53. The molecular weight excluding hydrogens is 787 g/mol. The monoisotopic (exact) mass is 838 g/mol. The number of nitrogens with zero attached hydrogens (tertiary/aromatic N) is 4. The van der Waals surface area contributed by atoms with E-state index < -0.39 is 43.0 Å². The molecule has 0 bridgehead atoms. The highest BCUT2D eigenvalue weighted by Gasteiger charge is 2.42. The molecule has 2 saturated heterocycles. The average molecular weight is 839 g/mol. The quantitative estimate of drug-likeness (QED) is 0.111. The summed E-state index contributed by atoms with van der Waals surface area (Å²) in [6.07, 6.45) is 2.43. The van der Waals surface area contributed by atoms with Crippen molar-refractivity contribution in [2.24, 2.45) is 11.8 Å². The summed E-state index contributed by atoms with van der Waals surface area (Å²) in [6, 6.07) is 11.4. The van der Waals surface area contributed by atoms with Crippen LogP contribution in [0.1, 0.15) is 88.2 Å². The Morgan fingerprint density at radius 3 is 1.93 bits per heavy atom. The zero-order valence-electron chi connectivity index (χ0n) is 35.2. The molecule has 0 saturated carbocycles. The molecule has 14 nitrogen and oxygen atoms in total. The standard InChI is InChI=1S/C45H52F2N8O6/c1-23(2)36(52-43(58)60-5)41(56)54-17-7-9-34(54)39-48-22-33(50-39)29-15-14-27(30-20-45(46,47)21-31(29)30)25-11-13-28-26(19-25)12-16-32-38(28)51-40(49-32)35-10-8-18-55(35)42(57)37(24(3)4)53-44(59)61-6/h11-16,19,22-24,34-37H,7-10,17-18,20-21H2,1-6H3,(H,48,50)(H,49,51)(H,52,58)(H,53,59)/t34-,35-,36+,37-/m0/s1. The van der Waals surface area contributed by atoms with E-state index in [0.717, 1.165) is 52.2 Å². The lowest BCUT2D eigenvalue weighted by atomic mass is 9.91. The van der Waals surface area contributed by atoms with Gasteiger partial charge in [0.1, 0.15) is 23.7 Å². The summed E-state index contributed by atoms with van der Waals surface area (Å²) in [6.45, 7) is 8.50. The first-order valence-electron chi connectivity index (χ1n) is 21.0. The number of imidazole rings is 2. The molecule has 8 rings (SSSR count). The van der Waals surface area contributed by atoms with E-state index in [4.69, 9.17) is 14.5 Å². The third-order valence-electron chi connectivity index (χ3n) is 12.5. The zero-order chi connectivity index (χ0) is 43.3. The average Bonchev–Trinajstić information content (AvgIpc) is 4.09. The topological polar surface area (TPSA) is 175 Å². The minimum atomic E-state index is -2.93. The highest BCUT2D eigenvalue weighted by atomic mass is 19.3. The van der Waals surface area contributed by atoms with Gasteiger partial charge in [0.25, 0.3) is 5.92 Å². The van der Waals surface area contributed by atoms with Gasteiger partial charge in [0.2, 0.25) is 11.8 Å². The van der Waals surface area contributed by atoms with Gasteiger partial charge in [-0.2, -0.15) is 0 Å². The molecule has 2 aromatic heterocycles. The van der Waals surface area contributed by atoms with E-state index in [-0.39, 0.29) is 35.7 Å². The lowest BCUT2D eigenvalue weighted by Gasteiger charge is -2.30. The molecule has 0 spiro atoms. The van der Waals surface area contributed by atoms with E-state index in [0.29, 0.717) is 53.5 Å². The number of alkyl carbamates (subject to hydrolysis) is 2. The van der Waals surface area contributed by atoms with Crippen LogP contribution >= 0.6 is 0 Å². The van der Waals surface area contributed by atoms with Crippen LogP contribution in [0.3, 0.4) is 0 Å². The van der Waals surface area contributed by atoms with Gasteiger partial charge in [-0.3, -0.25) is 9.59 Å². The number of hydrogen-bond acceptors (Lipinski definition) is 8. The van der Waals surface area contributed by atoms with E-state index in [9.17, 15) is 19.2 Å². The summed E-state index contributed by atoms with van der Waals surface area (Å²) in [5, 5.41) is 7.13. The number of aromatic nitrogens is 4. The second-order valence-electron chi connectivity index (χ2n) is 17.1. The summed E-state index contributed by atoms with van der Waals surface area (Å²) in [5.41, 5.74) is 5.48. The van der Waals surface area contributed by atoms with E-state index in [1.807, 2.05) is 70.2 Å². The largest absolute Gasteiger partial charge is 0.453 e. The number of ether oxygens (including phenoxy) is 2. The predicted molar refractivity (Wildman–Crippen MR) is 225 cm³/mol. The Balaban J connectivity index is 1.07. The molecule has 4 N–H and O–H groups in total. The number of nitrogens with one attached hydrogen (secondary N) is 4. The number of likely N-dealkylation sites (tertiary alicyclic amines) is 2. The summed E-state index contributed by atoms with van der Waals surface area (Å²) >= 11 is 0. The number of hydrogen-bond donors (Lipinski definition) is 4. The molecule has 322 valence electrons. The number of H-pyrrole nitrogens is 2. The number of amides is 4. The van der Waals surface area contributed by atoms with Crippen LogP contribution < -0.4 is 10.6 Å². The van der Waals surface area contributed by atoms with Gasteiger partial charge in [-0.1, -0.05) is 58.0 Å². The maximum atomic E-state index is 15.4. The lowest BCUT2D eigenvalue weighted by molar-refractivity contribution is -0.136. The van der Waals surface area contributed by atoms with Gasteiger partial charge in [-0.15, -0.1) is 0 Å². The molecule has 4 amide bonds. The molecule has 3 aromatic carbocycles. The van der Waals surface area contributed by atoms with Crippen LogP contribution in [-0.4, -0.2) is 99.1 Å². The van der Waals surface area contributed by atoms with Gasteiger partial charge in [0.05, 0.1) is 49.2 Å². The number of fused-ring (bicyclic) bond motifs is 4. The smallest absolute Gasteiger partial charge is 0.407 e. The van der Waals surface area contributed by atoms with Gasteiger partial charge in [-0.05, 0) is 77.3 Å². The van der Waals surface area contributed by atoms with Crippen LogP contribution in [0.25, 0.3) is 44.2 Å². The second-order valence-corrected chi connectivity index (χ2v) is 17.1. The minimum absolute atomic E-state index is 0.155. The molecule has 3 aliphatic rings. The van der Waals surface area contributed by atoms with Gasteiger partial charge < -0.3 is 39.9 Å². The Morgan fingerprint density at radius 2 is 1.34 bits per heavy atom. The Kier molecular flexibility index (Phi) is 11.2. The van der Waals surface area contributed by atoms with Gasteiger partial charge in [-0.25, -0.2) is 28.3 Å². The first-order valence-corrected chi connectivity index (χ1v) is 21.0. The van der Waals surface area contributed by atoms with E-state index >= 15 is 8.78 Å². The Bertz CT molecular complexity index is 2510. The van der Waals surface area contributed by atoms with E-state index in [1.165, 1.54) is 14.2 Å². The van der Waals surface area contributed by atoms with Gasteiger partial charge in [0.15, 0.2) is 0 Å². The van der Waals surface area contributed by atoms with Crippen molar-refractivity contribution in [3.05, 3.63) is 71.4 Å². The number of benzene rings is 3. The van der Waals surface area contributed by atoms with Crippen LogP contribution in [-0.2, 0) is 31.9 Å². The number of methoxy groups -OCH3 is 2. The molecule has 16 heteroatoms. The number of rotatable bonds is 10. The van der Waals surface area contributed by atoms with E-state index in [2.05, 4.69) is 25.6 Å². The first kappa shape index (κ1) is 41.7. The van der Waals surface area contributed by atoms with Crippen LogP contribution in [0.2, 0.25) is 0 Å². The van der Waals surface area contributed by atoms with Crippen molar-refractivity contribution in [3.8, 4) is 22.4 Å². The van der Waals surface area contributed by atoms with Crippen LogP contribution in [0.4, 0.5) is 18.4 Å². The Hall–Kier alpha value is -6.06. The fourth-order valence-corrected chi connectivity index (χ4v) is 9.37. The maximum Gasteiger partial charge on any atom is 0.407 e. The normalized spacial score (nSPS) is 19.4. The highest BCUT2D eigenvalue weighted by molar-refractivity contribution is 6.05. The van der Waals surface area contributed by atoms with Crippen molar-refractivity contribution in [1.82, 2.24) is 40.4 Å². The number of halogens is 2. The van der Waals surface area contributed by atoms with Crippen molar-refractivity contribution < 1.29 is 37.4 Å². The molecule has 2 aliphatic heterocycles. The molecule has 61 heavy (non-hydrogen) atoms. The maximum absolute atomic E-state index is 15.4. The van der Waals surface area contributed by atoms with Crippen molar-refractivity contribution in [3.63, 3.8) is 0 Å². The summed E-state index contributed by atoms with van der Waals surface area (Å²) in [5.74, 6) is -2.46. The van der Waals surface area contributed by atoms with Crippen molar-refractivity contribution in [2.75, 3.05) is 27.3 Å². The molecule has 2 fully saturated rings. The van der Waals surface area contributed by atoms with E-state index in [1.54, 1.807) is 16.0 Å². The fraction of sp³-hybridized carbons (Fsp3) is 0.467. The molecule has 0 unspecified atom stereocenters. The van der Waals surface area contributed by atoms with Crippen LogP contribution in [0.15, 0.2) is 48.7 Å². The fourth-order valence-electron chi connectivity index (χ4n) is 9.37. The Morgan fingerprint density at radius 1 is 0.770 bits per heavy atom. The molecule has 1 aliphatic carbocycles. The molecule has 0 radical (unpaired) electrons. The Labute approximate surface area is 352 Å².